The molecule has 0 spiro atoms. The third-order valence-corrected chi connectivity index (χ3v) is 2.54. The van der Waals surface area contributed by atoms with Crippen molar-refractivity contribution < 1.29 is 9.47 Å². The van der Waals surface area contributed by atoms with Crippen molar-refractivity contribution in [2.75, 3.05) is 26.9 Å². The van der Waals surface area contributed by atoms with Crippen LogP contribution in [0.4, 0.5) is 0 Å². The zero-order valence-corrected chi connectivity index (χ0v) is 7.51. The van der Waals surface area contributed by atoms with Gasteiger partial charge in [-0.25, -0.2) is 0 Å². The molecule has 0 amide bonds. The first kappa shape index (κ1) is 9.01. The molecule has 0 aliphatic carbocycles. The molecular formula is C9H18O2. The zero-order valence-electron chi connectivity index (χ0n) is 7.51. The van der Waals surface area contributed by atoms with Gasteiger partial charge in [-0.3, -0.25) is 0 Å². The Labute approximate surface area is 68.9 Å². The smallest absolute Gasteiger partial charge is 0.0518 e. The standard InChI is InChI=1S/C9H18O2/c1-3-8-4-5-11-7-9(8)6-10-2/h8-9H,3-7H2,1-2H3. The van der Waals surface area contributed by atoms with Crippen LogP contribution in [0.3, 0.4) is 0 Å². The first-order chi connectivity index (χ1) is 5.38. The molecule has 2 atom stereocenters. The van der Waals surface area contributed by atoms with Crippen LogP contribution in [0, 0.1) is 11.8 Å². The molecule has 1 aliphatic heterocycles. The van der Waals surface area contributed by atoms with Gasteiger partial charge in [0.2, 0.25) is 0 Å². The first-order valence-corrected chi connectivity index (χ1v) is 4.45. The van der Waals surface area contributed by atoms with Crippen LogP contribution in [-0.4, -0.2) is 26.9 Å². The van der Waals surface area contributed by atoms with Crippen LogP contribution >= 0.6 is 0 Å². The molecule has 2 heteroatoms. The summed E-state index contributed by atoms with van der Waals surface area (Å²) in [6.07, 6.45) is 2.47. The van der Waals surface area contributed by atoms with Crippen molar-refractivity contribution in [2.45, 2.75) is 19.8 Å². The van der Waals surface area contributed by atoms with Crippen LogP contribution in [0.5, 0.6) is 0 Å². The molecule has 0 aromatic carbocycles. The SMILES string of the molecule is CCC1CCOCC1COC. The lowest BCUT2D eigenvalue weighted by Crippen LogP contribution is -2.30. The quantitative estimate of drug-likeness (QED) is 0.622. The molecule has 11 heavy (non-hydrogen) atoms. The molecule has 1 aliphatic rings. The highest BCUT2D eigenvalue weighted by atomic mass is 16.5. The average molecular weight is 158 g/mol. The Morgan fingerprint density at radius 3 is 2.91 bits per heavy atom. The van der Waals surface area contributed by atoms with Gasteiger partial charge >= 0.3 is 0 Å². The normalized spacial score (nSPS) is 32.2. The second-order valence-electron chi connectivity index (χ2n) is 3.25. The van der Waals surface area contributed by atoms with Crippen molar-refractivity contribution in [3.63, 3.8) is 0 Å². The minimum Gasteiger partial charge on any atom is -0.384 e. The van der Waals surface area contributed by atoms with Crippen LogP contribution in [0.1, 0.15) is 19.8 Å². The fourth-order valence-corrected chi connectivity index (χ4v) is 1.78. The molecule has 2 nitrogen and oxygen atoms in total. The molecule has 0 bridgehead atoms. The third kappa shape index (κ3) is 2.46. The van der Waals surface area contributed by atoms with Crippen LogP contribution in [0.25, 0.3) is 0 Å². The van der Waals surface area contributed by atoms with Gasteiger partial charge in [0.05, 0.1) is 13.2 Å². The minimum absolute atomic E-state index is 0.638. The number of rotatable bonds is 3. The van der Waals surface area contributed by atoms with Gasteiger partial charge in [-0.1, -0.05) is 13.3 Å². The summed E-state index contributed by atoms with van der Waals surface area (Å²) in [4.78, 5) is 0. The number of hydrogen-bond acceptors (Lipinski definition) is 2. The average Bonchev–Trinajstić information content (AvgIpc) is 2.06. The van der Waals surface area contributed by atoms with Gasteiger partial charge in [-0.05, 0) is 12.3 Å². The van der Waals surface area contributed by atoms with E-state index in [2.05, 4.69) is 6.92 Å². The van der Waals surface area contributed by atoms with E-state index < -0.39 is 0 Å². The lowest BCUT2D eigenvalue weighted by Gasteiger charge is -2.30. The van der Waals surface area contributed by atoms with Crippen LogP contribution in [0.15, 0.2) is 0 Å². The van der Waals surface area contributed by atoms with E-state index in [0.29, 0.717) is 5.92 Å². The van der Waals surface area contributed by atoms with Gasteiger partial charge in [-0.2, -0.15) is 0 Å². The third-order valence-electron chi connectivity index (χ3n) is 2.54. The maximum Gasteiger partial charge on any atom is 0.0518 e. The van der Waals surface area contributed by atoms with E-state index in [4.69, 9.17) is 9.47 Å². The highest BCUT2D eigenvalue weighted by Gasteiger charge is 2.23. The highest BCUT2D eigenvalue weighted by Crippen LogP contribution is 2.24. The molecule has 66 valence electrons. The van der Waals surface area contributed by atoms with Crippen LogP contribution in [-0.2, 0) is 9.47 Å². The first-order valence-electron chi connectivity index (χ1n) is 4.45. The summed E-state index contributed by atoms with van der Waals surface area (Å²) in [5, 5.41) is 0. The van der Waals surface area contributed by atoms with Gasteiger partial charge in [0.15, 0.2) is 0 Å². The van der Waals surface area contributed by atoms with Crippen molar-refractivity contribution in [3.05, 3.63) is 0 Å². The van der Waals surface area contributed by atoms with Gasteiger partial charge in [0.25, 0.3) is 0 Å². The van der Waals surface area contributed by atoms with E-state index in [1.807, 2.05) is 0 Å². The Bertz CT molecular complexity index is 102. The predicted molar refractivity (Wildman–Crippen MR) is 44.6 cm³/mol. The highest BCUT2D eigenvalue weighted by molar-refractivity contribution is 4.71. The molecule has 1 rings (SSSR count). The largest absolute Gasteiger partial charge is 0.384 e. The summed E-state index contributed by atoms with van der Waals surface area (Å²) < 4.78 is 10.5. The summed E-state index contributed by atoms with van der Waals surface area (Å²) in [5.41, 5.74) is 0. The summed E-state index contributed by atoms with van der Waals surface area (Å²) in [6.45, 7) is 4.95. The van der Waals surface area contributed by atoms with E-state index >= 15 is 0 Å². The van der Waals surface area contributed by atoms with Crippen molar-refractivity contribution in [3.8, 4) is 0 Å². The molecule has 0 radical (unpaired) electrons. The predicted octanol–water partition coefficient (Wildman–Crippen LogP) is 1.70. The summed E-state index contributed by atoms with van der Waals surface area (Å²) in [5.74, 6) is 1.46. The molecule has 0 N–H and O–H groups in total. The van der Waals surface area contributed by atoms with E-state index in [-0.39, 0.29) is 0 Å². The van der Waals surface area contributed by atoms with Crippen molar-refractivity contribution >= 4 is 0 Å². The Balaban J connectivity index is 2.31. The lowest BCUT2D eigenvalue weighted by molar-refractivity contribution is -0.0176. The second kappa shape index (κ2) is 4.73. The van der Waals surface area contributed by atoms with Gasteiger partial charge in [0, 0.05) is 19.6 Å². The summed E-state index contributed by atoms with van der Waals surface area (Å²) in [6, 6.07) is 0. The van der Waals surface area contributed by atoms with E-state index in [0.717, 1.165) is 25.7 Å². The second-order valence-corrected chi connectivity index (χ2v) is 3.25. The molecule has 0 aromatic rings. The fourth-order valence-electron chi connectivity index (χ4n) is 1.78. The number of methoxy groups -OCH3 is 1. The molecule has 1 saturated heterocycles. The van der Waals surface area contributed by atoms with Gasteiger partial charge in [-0.15, -0.1) is 0 Å². The van der Waals surface area contributed by atoms with Crippen LogP contribution < -0.4 is 0 Å². The maximum atomic E-state index is 5.39. The number of hydrogen-bond donors (Lipinski definition) is 0. The van der Waals surface area contributed by atoms with Crippen LogP contribution in [0.2, 0.25) is 0 Å². The van der Waals surface area contributed by atoms with Crippen molar-refractivity contribution in [1.82, 2.24) is 0 Å². The summed E-state index contributed by atoms with van der Waals surface area (Å²) in [7, 11) is 1.77. The van der Waals surface area contributed by atoms with Crippen molar-refractivity contribution in [1.29, 1.82) is 0 Å². The fraction of sp³-hybridized carbons (Fsp3) is 1.00. The minimum atomic E-state index is 0.638. The Hall–Kier alpha value is -0.0800. The molecular weight excluding hydrogens is 140 g/mol. The molecule has 2 unspecified atom stereocenters. The molecule has 0 aromatic heterocycles. The number of ether oxygens (including phenoxy) is 2. The lowest BCUT2D eigenvalue weighted by atomic mass is 9.87. The topological polar surface area (TPSA) is 18.5 Å². The van der Waals surface area contributed by atoms with E-state index in [1.165, 1.54) is 12.8 Å². The summed E-state index contributed by atoms with van der Waals surface area (Å²) >= 11 is 0. The van der Waals surface area contributed by atoms with E-state index in [1.54, 1.807) is 7.11 Å². The van der Waals surface area contributed by atoms with E-state index in [9.17, 15) is 0 Å². The molecule has 0 saturated carbocycles. The Morgan fingerprint density at radius 1 is 1.45 bits per heavy atom. The Morgan fingerprint density at radius 2 is 2.27 bits per heavy atom. The maximum absolute atomic E-state index is 5.39. The molecule has 1 fully saturated rings. The zero-order chi connectivity index (χ0) is 8.10. The molecule has 1 heterocycles. The Kier molecular flexibility index (Phi) is 3.87. The van der Waals surface area contributed by atoms with Gasteiger partial charge in [0.1, 0.15) is 0 Å². The monoisotopic (exact) mass is 158 g/mol. The van der Waals surface area contributed by atoms with Gasteiger partial charge < -0.3 is 9.47 Å². The van der Waals surface area contributed by atoms with Crippen molar-refractivity contribution in [2.24, 2.45) is 11.8 Å².